The number of hydrogen-bond donors (Lipinski definition) is 0. The van der Waals surface area contributed by atoms with Gasteiger partial charge in [-0.15, -0.1) is 22.1 Å². The van der Waals surface area contributed by atoms with E-state index in [9.17, 15) is 0 Å². The van der Waals surface area contributed by atoms with Gasteiger partial charge in [-0.1, -0.05) is 29.8 Å². The molecule has 146 valence electrons. The first-order chi connectivity index (χ1) is 13.9. The standard InChI is InChI=1S/C25H24N4.Zn/c1-15(2)19-8-9-22(27-19)17(4)23-12-13-25(29-23)18(5)24-11-10-21(28-24)16(3)20-7-6-14-26-20;/h6-14H,1-5H3;/q-2;+2/b20-16-,22-17-,25-18-;. The second-order valence-electron chi connectivity index (χ2n) is 7.54. The Balaban J connectivity index is 0.00000256. The minimum absolute atomic E-state index is 0. The van der Waals surface area contributed by atoms with E-state index in [0.717, 1.165) is 55.9 Å². The maximum atomic E-state index is 4.84. The van der Waals surface area contributed by atoms with Crippen molar-refractivity contribution in [1.29, 1.82) is 0 Å². The van der Waals surface area contributed by atoms with Crippen LogP contribution in [0.5, 0.6) is 0 Å². The quantitative estimate of drug-likeness (QED) is 0.675. The summed E-state index contributed by atoms with van der Waals surface area (Å²) in [5.74, 6) is 0. The number of aromatic nitrogens is 2. The smallest absolute Gasteiger partial charge is 0.658 e. The van der Waals surface area contributed by atoms with Gasteiger partial charge < -0.3 is 9.97 Å². The number of allylic oxidation sites excluding steroid dienone is 6. The van der Waals surface area contributed by atoms with Gasteiger partial charge in [0.05, 0.1) is 17.1 Å². The number of hydrogen-bond acceptors (Lipinski definition) is 2. The summed E-state index contributed by atoms with van der Waals surface area (Å²) < 4.78 is 0. The van der Waals surface area contributed by atoms with Crippen LogP contribution in [0.2, 0.25) is 0 Å². The minimum atomic E-state index is 0. The molecule has 0 atom stereocenters. The van der Waals surface area contributed by atoms with Crippen molar-refractivity contribution < 1.29 is 19.5 Å². The minimum Gasteiger partial charge on any atom is -0.658 e. The molecule has 0 bridgehead atoms. The van der Waals surface area contributed by atoms with Crippen LogP contribution in [0, 0.1) is 0 Å². The van der Waals surface area contributed by atoms with E-state index in [4.69, 9.17) is 15.0 Å². The van der Waals surface area contributed by atoms with Gasteiger partial charge in [0, 0.05) is 6.21 Å². The molecule has 5 heteroatoms. The Bertz CT molecular complexity index is 1270. The molecule has 2 aliphatic rings. The largest absolute Gasteiger partial charge is 2.00 e. The Hall–Kier alpha value is -2.78. The van der Waals surface area contributed by atoms with Gasteiger partial charge in [-0.3, -0.25) is 4.99 Å². The topological polar surface area (TPSA) is 52.9 Å². The first-order valence-electron chi connectivity index (χ1n) is 9.76. The van der Waals surface area contributed by atoms with E-state index in [0.29, 0.717) is 0 Å². The first kappa shape index (κ1) is 21.9. The van der Waals surface area contributed by atoms with Crippen molar-refractivity contribution in [3.05, 3.63) is 82.0 Å². The van der Waals surface area contributed by atoms with E-state index < -0.39 is 0 Å². The van der Waals surface area contributed by atoms with E-state index >= 15 is 0 Å². The molecule has 0 radical (unpaired) electrons. The molecule has 2 aromatic rings. The third-order valence-electron chi connectivity index (χ3n) is 5.29. The molecule has 0 unspecified atom stereocenters. The normalized spacial score (nSPS) is 19.0. The van der Waals surface area contributed by atoms with E-state index in [1.54, 1.807) is 6.21 Å². The van der Waals surface area contributed by atoms with Crippen molar-refractivity contribution in [3.8, 4) is 0 Å². The molecule has 4 heterocycles. The fourth-order valence-corrected chi connectivity index (χ4v) is 3.33. The molecule has 4 rings (SSSR count). The van der Waals surface area contributed by atoms with Crippen LogP contribution in [-0.2, 0) is 19.5 Å². The molecule has 0 aliphatic carbocycles. The van der Waals surface area contributed by atoms with Crippen molar-refractivity contribution in [2.24, 2.45) is 9.98 Å². The van der Waals surface area contributed by atoms with Crippen LogP contribution in [0.3, 0.4) is 0 Å². The third kappa shape index (κ3) is 4.22. The summed E-state index contributed by atoms with van der Waals surface area (Å²) in [6.45, 7) is 10.3. The molecule has 0 aromatic carbocycles. The summed E-state index contributed by atoms with van der Waals surface area (Å²) in [6, 6.07) is 8.21. The second-order valence-corrected chi connectivity index (χ2v) is 7.54. The Labute approximate surface area is 190 Å². The Morgan fingerprint density at radius 1 is 0.700 bits per heavy atom. The van der Waals surface area contributed by atoms with Gasteiger partial charge in [-0.05, 0) is 75.6 Å². The van der Waals surface area contributed by atoms with E-state index in [2.05, 4.69) is 63.9 Å². The summed E-state index contributed by atoms with van der Waals surface area (Å²) >= 11 is 0. The molecular formula is C25H24N4Zn. The molecule has 0 saturated carbocycles. The molecule has 0 N–H and O–H groups in total. The number of rotatable bonds is 3. The number of aliphatic imine (C=N–C) groups is 2. The van der Waals surface area contributed by atoms with Crippen molar-refractivity contribution >= 4 is 34.2 Å². The molecule has 0 amide bonds. The summed E-state index contributed by atoms with van der Waals surface area (Å²) in [5.41, 5.74) is 9.19. The maximum absolute atomic E-state index is 4.84. The Morgan fingerprint density at radius 2 is 1.37 bits per heavy atom. The first-order valence-corrected chi connectivity index (χ1v) is 9.76. The second kappa shape index (κ2) is 8.93. The Morgan fingerprint density at radius 3 is 1.97 bits per heavy atom. The van der Waals surface area contributed by atoms with Crippen LogP contribution in [0.25, 0.3) is 22.3 Å². The molecular weight excluding hydrogens is 422 g/mol. The fourth-order valence-electron chi connectivity index (χ4n) is 3.33. The van der Waals surface area contributed by atoms with Crippen LogP contribution < -0.4 is 20.7 Å². The van der Waals surface area contributed by atoms with Gasteiger partial charge in [0.1, 0.15) is 0 Å². The van der Waals surface area contributed by atoms with Crippen molar-refractivity contribution in [1.82, 2.24) is 9.97 Å². The summed E-state index contributed by atoms with van der Waals surface area (Å²) in [4.78, 5) is 18.7. The molecule has 2 aromatic heterocycles. The van der Waals surface area contributed by atoms with Gasteiger partial charge in [0.15, 0.2) is 0 Å². The van der Waals surface area contributed by atoms with Crippen molar-refractivity contribution in [2.75, 3.05) is 0 Å². The SMILES string of the molecule is CC(C)=c1cc/c(=C(\C)C2=N/C(=C(/C)c3ccc(/C(C)=C4/C=CC=N4)[n-]3)C=C2)[n-]1.[Zn+2]. The molecule has 0 spiro atoms. The molecule has 0 saturated heterocycles. The van der Waals surface area contributed by atoms with Crippen LogP contribution in [-0.4, -0.2) is 11.9 Å². The third-order valence-corrected chi connectivity index (χ3v) is 5.29. The molecule has 4 nitrogen and oxygen atoms in total. The van der Waals surface area contributed by atoms with Crippen molar-refractivity contribution in [3.63, 3.8) is 0 Å². The average Bonchev–Trinajstić information content (AvgIpc) is 3.51. The van der Waals surface area contributed by atoms with Crippen LogP contribution in [0.1, 0.15) is 46.0 Å². The van der Waals surface area contributed by atoms with Crippen molar-refractivity contribution in [2.45, 2.75) is 34.6 Å². The van der Waals surface area contributed by atoms with Gasteiger partial charge in [-0.25, -0.2) is 4.99 Å². The van der Waals surface area contributed by atoms with Crippen LogP contribution in [0.4, 0.5) is 0 Å². The zero-order valence-electron chi connectivity index (χ0n) is 18.2. The average molecular weight is 446 g/mol. The van der Waals surface area contributed by atoms with E-state index in [-0.39, 0.29) is 19.5 Å². The van der Waals surface area contributed by atoms with Gasteiger partial charge >= 0.3 is 19.5 Å². The van der Waals surface area contributed by atoms with Crippen LogP contribution in [0.15, 0.2) is 69.9 Å². The zero-order valence-corrected chi connectivity index (χ0v) is 21.2. The van der Waals surface area contributed by atoms with Gasteiger partial charge in [0.2, 0.25) is 0 Å². The number of nitrogens with zero attached hydrogens (tertiary/aromatic N) is 4. The van der Waals surface area contributed by atoms with Gasteiger partial charge in [0.25, 0.3) is 0 Å². The predicted octanol–water partition coefficient (Wildman–Crippen LogP) is 3.77. The molecule has 0 fully saturated rings. The molecule has 30 heavy (non-hydrogen) atoms. The van der Waals surface area contributed by atoms with E-state index in [1.807, 2.05) is 24.3 Å². The summed E-state index contributed by atoms with van der Waals surface area (Å²) in [6.07, 6.45) is 9.86. The zero-order chi connectivity index (χ0) is 20.5. The monoisotopic (exact) mass is 444 g/mol. The Kier molecular flexibility index (Phi) is 6.53. The van der Waals surface area contributed by atoms with Crippen LogP contribution >= 0.6 is 0 Å². The van der Waals surface area contributed by atoms with Gasteiger partial charge in [-0.2, -0.15) is 0 Å². The summed E-state index contributed by atoms with van der Waals surface area (Å²) in [7, 11) is 0. The fraction of sp³-hybridized carbons (Fsp3) is 0.200. The maximum Gasteiger partial charge on any atom is 2.00 e. The molecule has 2 aliphatic heterocycles. The van der Waals surface area contributed by atoms with E-state index in [1.165, 1.54) is 5.57 Å². The summed E-state index contributed by atoms with van der Waals surface area (Å²) in [5, 5.41) is 2.01. The predicted molar refractivity (Wildman–Crippen MR) is 122 cm³/mol.